The summed E-state index contributed by atoms with van der Waals surface area (Å²) in [5.41, 5.74) is 14.4. The number of aliphatic imine (C=N–C) groups is 1. The first-order valence-electron chi connectivity index (χ1n) is 24.2. The molecule has 1 aliphatic heterocycles. The third-order valence-electron chi connectivity index (χ3n) is 17.2. The molecule has 0 saturated heterocycles. The Morgan fingerprint density at radius 2 is 1.50 bits per heavy atom. The van der Waals surface area contributed by atoms with Crippen LogP contribution in [0.5, 0.6) is 0 Å². The predicted molar refractivity (Wildman–Crippen MR) is 249 cm³/mol. The van der Waals surface area contributed by atoms with Gasteiger partial charge in [-0.2, -0.15) is 0 Å². The average Bonchev–Trinajstić information content (AvgIpc) is 3.74. The van der Waals surface area contributed by atoms with Gasteiger partial charge in [0.05, 0.1) is 6.17 Å². The van der Waals surface area contributed by atoms with E-state index >= 15 is 0 Å². The van der Waals surface area contributed by atoms with E-state index in [-0.39, 0.29) is 23.7 Å². The highest BCUT2D eigenvalue weighted by atomic mass is 15.3. The zero-order valence-corrected chi connectivity index (χ0v) is 35.5. The highest BCUT2D eigenvalue weighted by molar-refractivity contribution is 5.90. The van der Waals surface area contributed by atoms with Gasteiger partial charge in [0.15, 0.2) is 0 Å². The molecule has 0 radical (unpaired) electrons. The van der Waals surface area contributed by atoms with Gasteiger partial charge in [-0.05, 0) is 126 Å². The predicted octanol–water partition coefficient (Wildman–Crippen LogP) is 13.2. The summed E-state index contributed by atoms with van der Waals surface area (Å²) in [6.07, 6.45) is 52.9. The van der Waals surface area contributed by atoms with Gasteiger partial charge in [-0.1, -0.05) is 166 Å². The Kier molecular flexibility index (Phi) is 9.42. The fourth-order valence-corrected chi connectivity index (χ4v) is 14.3. The standard InChI is InChI=1S/C57H63N3/c1-5-16-41(17-6-1)53-58-54(42-18-7-2-8-19-42)60-55(59-53)43-30-26-39(27-31-43)38-24-28-40(29-25-38)44-21-15-23-49-52(44)47-37-50-46(36-51(47)57(49)34-13-4-14-35-57)45-20-9-10-22-48(45)56(50)32-11-3-12-33-56/h1,5,7,9-10,15-16,18,20-30,36-37,42-43,46,49-50,52-54,58H,2-4,6,8,11-14,17,19,31-35H2,(H,59,60). The summed E-state index contributed by atoms with van der Waals surface area (Å²) in [5.74, 6) is 4.03. The second-order valence-electron chi connectivity index (χ2n) is 20.2. The van der Waals surface area contributed by atoms with Gasteiger partial charge in [0.25, 0.3) is 0 Å². The van der Waals surface area contributed by atoms with Crippen LogP contribution in [-0.2, 0) is 5.41 Å². The first-order valence-corrected chi connectivity index (χ1v) is 24.2. The minimum atomic E-state index is 0.0504. The van der Waals surface area contributed by atoms with Crippen LogP contribution in [0.25, 0.3) is 11.1 Å². The molecular formula is C57H63N3. The third kappa shape index (κ3) is 6.03. The number of amidine groups is 1. The molecule has 2 aromatic carbocycles. The monoisotopic (exact) mass is 790 g/mol. The minimum Gasteiger partial charge on any atom is -0.357 e. The van der Waals surface area contributed by atoms with Crippen LogP contribution in [0.15, 0.2) is 149 Å². The fourth-order valence-electron chi connectivity index (χ4n) is 14.3. The number of allylic oxidation sites excluding steroid dienone is 15. The lowest BCUT2D eigenvalue weighted by Crippen LogP contribution is -2.59. The molecule has 12 rings (SSSR count). The molecule has 3 saturated carbocycles. The SMILES string of the molecule is C1=CCCC(C2N=C(C3C=CC(c4ccc(C5=CC=CC6C5C5=CC7C(C=C5C65CCCCC5)c5ccccc5C75CCCCC5)cc4)=CC3)NC(C3C=CCCC3)N2)=C1. The van der Waals surface area contributed by atoms with E-state index in [0.29, 0.717) is 35.0 Å². The Bertz CT molecular complexity index is 2340. The van der Waals surface area contributed by atoms with Crippen molar-refractivity contribution in [2.24, 2.45) is 40.0 Å². The Morgan fingerprint density at radius 1 is 0.683 bits per heavy atom. The summed E-state index contributed by atoms with van der Waals surface area (Å²) in [6, 6.07) is 19.4. The molecule has 2 N–H and O–H groups in total. The van der Waals surface area contributed by atoms with Crippen molar-refractivity contribution in [3.8, 4) is 0 Å². The molecule has 1 heterocycles. The van der Waals surface area contributed by atoms with Crippen molar-refractivity contribution in [2.45, 2.75) is 126 Å². The van der Waals surface area contributed by atoms with Crippen LogP contribution < -0.4 is 10.6 Å². The molecule has 10 aliphatic rings. The first kappa shape index (κ1) is 37.3. The van der Waals surface area contributed by atoms with Crippen LogP contribution in [0.1, 0.15) is 131 Å². The van der Waals surface area contributed by atoms with Gasteiger partial charge in [-0.3, -0.25) is 5.32 Å². The van der Waals surface area contributed by atoms with Crippen molar-refractivity contribution in [3.05, 3.63) is 166 Å². The Hall–Kier alpha value is -4.47. The maximum atomic E-state index is 5.34. The molecule has 0 amide bonds. The molecule has 8 unspecified atom stereocenters. The topological polar surface area (TPSA) is 36.4 Å². The number of nitrogens with one attached hydrogen (secondary N) is 2. The van der Waals surface area contributed by atoms with Crippen molar-refractivity contribution >= 4 is 17.0 Å². The van der Waals surface area contributed by atoms with E-state index in [4.69, 9.17) is 4.99 Å². The molecular weight excluding hydrogens is 727 g/mol. The number of benzene rings is 2. The second kappa shape index (κ2) is 15.2. The summed E-state index contributed by atoms with van der Waals surface area (Å²) in [6.45, 7) is 0. The maximum absolute atomic E-state index is 5.34. The lowest BCUT2D eigenvalue weighted by Gasteiger charge is -2.43. The number of fused-ring (bicyclic) bond motifs is 10. The van der Waals surface area contributed by atoms with Crippen LogP contribution in [-0.4, -0.2) is 18.2 Å². The zero-order valence-electron chi connectivity index (χ0n) is 35.5. The summed E-state index contributed by atoms with van der Waals surface area (Å²) >= 11 is 0. The van der Waals surface area contributed by atoms with Crippen LogP contribution in [0.2, 0.25) is 0 Å². The van der Waals surface area contributed by atoms with E-state index in [1.54, 1.807) is 27.8 Å². The lowest BCUT2D eigenvalue weighted by molar-refractivity contribution is 0.185. The van der Waals surface area contributed by atoms with Gasteiger partial charge in [-0.25, -0.2) is 4.99 Å². The molecule has 8 atom stereocenters. The number of hydrogen-bond donors (Lipinski definition) is 2. The van der Waals surface area contributed by atoms with Crippen molar-refractivity contribution in [2.75, 3.05) is 0 Å². The normalized spacial score (nSPS) is 34.3. The van der Waals surface area contributed by atoms with E-state index in [1.165, 1.54) is 106 Å². The largest absolute Gasteiger partial charge is 0.357 e. The van der Waals surface area contributed by atoms with E-state index in [0.717, 1.165) is 25.1 Å². The van der Waals surface area contributed by atoms with Gasteiger partial charge in [-0.15, -0.1) is 0 Å². The van der Waals surface area contributed by atoms with Crippen LogP contribution >= 0.6 is 0 Å². The molecule has 0 aromatic heterocycles. The van der Waals surface area contributed by atoms with Crippen molar-refractivity contribution in [1.29, 1.82) is 0 Å². The van der Waals surface area contributed by atoms with Crippen LogP contribution in [0.4, 0.5) is 0 Å². The molecule has 3 nitrogen and oxygen atoms in total. The second-order valence-corrected chi connectivity index (χ2v) is 20.2. The van der Waals surface area contributed by atoms with Crippen LogP contribution in [0, 0.1) is 35.0 Å². The minimum absolute atomic E-state index is 0.0504. The Morgan fingerprint density at radius 3 is 2.27 bits per heavy atom. The quantitative estimate of drug-likeness (QED) is 0.296. The molecule has 9 aliphatic carbocycles. The zero-order chi connectivity index (χ0) is 39.7. The van der Waals surface area contributed by atoms with Gasteiger partial charge < -0.3 is 5.32 Å². The molecule has 3 fully saturated rings. The van der Waals surface area contributed by atoms with E-state index in [1.807, 2.05) is 0 Å². The fraction of sp³-hybridized carbons (Fsp3) is 0.456. The Labute approximate surface area is 359 Å². The third-order valence-corrected chi connectivity index (χ3v) is 17.2. The van der Waals surface area contributed by atoms with Gasteiger partial charge in [0.2, 0.25) is 0 Å². The summed E-state index contributed by atoms with van der Waals surface area (Å²) in [4.78, 5) is 5.34. The smallest absolute Gasteiger partial charge is 0.125 e. The molecule has 0 bridgehead atoms. The average molecular weight is 790 g/mol. The summed E-state index contributed by atoms with van der Waals surface area (Å²) in [5, 5.41) is 7.79. The van der Waals surface area contributed by atoms with E-state index in [2.05, 4.69) is 138 Å². The van der Waals surface area contributed by atoms with Crippen molar-refractivity contribution in [3.63, 3.8) is 0 Å². The highest BCUT2D eigenvalue weighted by Crippen LogP contribution is 2.69. The highest BCUT2D eigenvalue weighted by Gasteiger charge is 2.59. The summed E-state index contributed by atoms with van der Waals surface area (Å²) < 4.78 is 0. The van der Waals surface area contributed by atoms with E-state index < -0.39 is 0 Å². The van der Waals surface area contributed by atoms with Gasteiger partial charge in [0.1, 0.15) is 12.0 Å². The van der Waals surface area contributed by atoms with Crippen molar-refractivity contribution in [1.82, 2.24) is 10.6 Å². The first-order chi connectivity index (χ1) is 29.7. The number of hydrogen-bond acceptors (Lipinski definition) is 3. The van der Waals surface area contributed by atoms with Crippen LogP contribution in [0.3, 0.4) is 0 Å². The molecule has 306 valence electrons. The molecule has 2 spiro atoms. The lowest BCUT2D eigenvalue weighted by atomic mass is 9.60. The summed E-state index contributed by atoms with van der Waals surface area (Å²) in [7, 11) is 0. The van der Waals surface area contributed by atoms with E-state index in [9.17, 15) is 0 Å². The molecule has 2 aromatic rings. The molecule has 3 heteroatoms. The molecule has 60 heavy (non-hydrogen) atoms. The van der Waals surface area contributed by atoms with Gasteiger partial charge >= 0.3 is 0 Å². The van der Waals surface area contributed by atoms with Crippen molar-refractivity contribution < 1.29 is 0 Å². The Balaban J connectivity index is 0.827. The number of rotatable bonds is 5. The van der Waals surface area contributed by atoms with Gasteiger partial charge in [0, 0.05) is 34.5 Å². The maximum Gasteiger partial charge on any atom is 0.125 e. The number of nitrogens with zero attached hydrogens (tertiary/aromatic N) is 1.